The number of pyridine rings is 1. The zero-order valence-corrected chi connectivity index (χ0v) is 9.69. The van der Waals surface area contributed by atoms with Crippen LogP contribution in [-0.4, -0.2) is 4.98 Å². The van der Waals surface area contributed by atoms with Gasteiger partial charge in [0.05, 0.1) is 0 Å². The molecule has 0 bridgehead atoms. The Balaban J connectivity index is 1.82. The van der Waals surface area contributed by atoms with Crippen molar-refractivity contribution in [1.82, 2.24) is 4.98 Å². The lowest BCUT2D eigenvalue weighted by Gasteiger charge is -2.02. The van der Waals surface area contributed by atoms with Gasteiger partial charge in [0.15, 0.2) is 0 Å². The second-order valence-corrected chi connectivity index (χ2v) is 4.12. The molecule has 1 aromatic carbocycles. The lowest BCUT2D eigenvalue weighted by molar-refractivity contribution is -0.686. The molecule has 2 nitrogen and oxygen atoms in total. The number of benzene rings is 1. The first-order valence-electron chi connectivity index (χ1n) is 5.29. The molecule has 2 N–H and O–H groups in total. The maximum Gasteiger partial charge on any atom is 0.102 e. The first-order valence-corrected chi connectivity index (χ1v) is 5.67. The number of rotatable bonds is 4. The summed E-state index contributed by atoms with van der Waals surface area (Å²) in [5.41, 5.74) is 2.59. The van der Waals surface area contributed by atoms with E-state index in [0.29, 0.717) is 0 Å². The van der Waals surface area contributed by atoms with E-state index in [1.165, 1.54) is 11.1 Å². The predicted octanol–water partition coefficient (Wildman–Crippen LogP) is 2.00. The van der Waals surface area contributed by atoms with Gasteiger partial charge in [-0.3, -0.25) is 4.98 Å². The Morgan fingerprint density at radius 2 is 1.44 bits per heavy atom. The van der Waals surface area contributed by atoms with Gasteiger partial charge >= 0.3 is 0 Å². The van der Waals surface area contributed by atoms with Crippen LogP contribution in [0.4, 0.5) is 0 Å². The highest BCUT2D eigenvalue weighted by Gasteiger charge is 1.97. The maximum atomic E-state index is 5.82. The van der Waals surface area contributed by atoms with Crippen LogP contribution in [0.3, 0.4) is 0 Å². The van der Waals surface area contributed by atoms with Gasteiger partial charge in [-0.15, -0.1) is 0 Å². The summed E-state index contributed by atoms with van der Waals surface area (Å²) in [6.07, 6.45) is 3.65. The van der Waals surface area contributed by atoms with E-state index in [2.05, 4.69) is 22.4 Å². The molecule has 1 aromatic heterocycles. The molecular formula is C13H14ClN2+. The van der Waals surface area contributed by atoms with Gasteiger partial charge in [-0.25, -0.2) is 0 Å². The summed E-state index contributed by atoms with van der Waals surface area (Å²) in [6.45, 7) is 1.95. The standard InChI is InChI=1S/C13H13ClN2/c14-13-3-1-11(2-4-13)9-16-10-12-5-7-15-8-6-12/h1-8,16H,9-10H2/p+1. The van der Waals surface area contributed by atoms with Crippen LogP contribution in [0.25, 0.3) is 0 Å². The van der Waals surface area contributed by atoms with Crippen LogP contribution in [0.15, 0.2) is 48.8 Å². The fraction of sp³-hybridized carbons (Fsp3) is 0.154. The molecule has 0 amide bonds. The van der Waals surface area contributed by atoms with Crippen LogP contribution in [0.1, 0.15) is 11.1 Å². The minimum atomic E-state index is 0.790. The number of hydrogen-bond acceptors (Lipinski definition) is 1. The van der Waals surface area contributed by atoms with Gasteiger partial charge in [-0.1, -0.05) is 23.7 Å². The molecule has 0 spiro atoms. The lowest BCUT2D eigenvalue weighted by Crippen LogP contribution is -2.80. The summed E-state index contributed by atoms with van der Waals surface area (Å²) < 4.78 is 0. The van der Waals surface area contributed by atoms with Crippen molar-refractivity contribution in [3.8, 4) is 0 Å². The third-order valence-corrected chi connectivity index (χ3v) is 2.67. The van der Waals surface area contributed by atoms with Gasteiger partial charge in [0.25, 0.3) is 0 Å². The maximum absolute atomic E-state index is 5.82. The monoisotopic (exact) mass is 233 g/mol. The van der Waals surface area contributed by atoms with Crippen molar-refractivity contribution < 1.29 is 5.32 Å². The van der Waals surface area contributed by atoms with E-state index in [0.717, 1.165) is 18.1 Å². The van der Waals surface area contributed by atoms with E-state index in [9.17, 15) is 0 Å². The van der Waals surface area contributed by atoms with Crippen LogP contribution in [0, 0.1) is 0 Å². The zero-order chi connectivity index (χ0) is 11.2. The van der Waals surface area contributed by atoms with Crippen molar-refractivity contribution in [3.05, 3.63) is 64.9 Å². The van der Waals surface area contributed by atoms with Crippen molar-refractivity contribution in [2.75, 3.05) is 0 Å². The summed E-state index contributed by atoms with van der Waals surface area (Å²) in [7, 11) is 0. The molecule has 0 aliphatic carbocycles. The second kappa shape index (κ2) is 5.64. The molecule has 0 unspecified atom stereocenters. The summed E-state index contributed by atoms with van der Waals surface area (Å²) >= 11 is 5.82. The van der Waals surface area contributed by atoms with E-state index in [1.54, 1.807) is 0 Å². The zero-order valence-electron chi connectivity index (χ0n) is 8.94. The van der Waals surface area contributed by atoms with E-state index in [-0.39, 0.29) is 0 Å². The molecule has 0 saturated carbocycles. The molecule has 16 heavy (non-hydrogen) atoms. The molecule has 3 heteroatoms. The molecule has 2 aromatic rings. The Hall–Kier alpha value is -1.38. The smallest absolute Gasteiger partial charge is 0.102 e. The Morgan fingerprint density at radius 3 is 2.06 bits per heavy atom. The van der Waals surface area contributed by atoms with Crippen molar-refractivity contribution in [1.29, 1.82) is 0 Å². The Kier molecular flexibility index (Phi) is 3.91. The number of quaternary nitrogens is 1. The molecular weight excluding hydrogens is 220 g/mol. The van der Waals surface area contributed by atoms with E-state index in [1.807, 2.05) is 36.7 Å². The Morgan fingerprint density at radius 1 is 0.875 bits per heavy atom. The van der Waals surface area contributed by atoms with Gasteiger partial charge in [-0.05, 0) is 24.3 Å². The highest BCUT2D eigenvalue weighted by Crippen LogP contribution is 2.08. The van der Waals surface area contributed by atoms with Crippen LogP contribution in [0.2, 0.25) is 5.02 Å². The predicted molar refractivity (Wildman–Crippen MR) is 65.0 cm³/mol. The second-order valence-electron chi connectivity index (χ2n) is 3.68. The van der Waals surface area contributed by atoms with Crippen molar-refractivity contribution in [2.24, 2.45) is 0 Å². The average molecular weight is 234 g/mol. The third-order valence-electron chi connectivity index (χ3n) is 2.42. The first-order chi connectivity index (χ1) is 7.84. The van der Waals surface area contributed by atoms with Crippen LogP contribution in [0.5, 0.6) is 0 Å². The fourth-order valence-electron chi connectivity index (χ4n) is 1.54. The van der Waals surface area contributed by atoms with Crippen molar-refractivity contribution in [3.63, 3.8) is 0 Å². The minimum Gasteiger partial charge on any atom is -0.339 e. The van der Waals surface area contributed by atoms with Crippen molar-refractivity contribution in [2.45, 2.75) is 13.1 Å². The molecule has 1 heterocycles. The minimum absolute atomic E-state index is 0.790. The van der Waals surface area contributed by atoms with Crippen LogP contribution < -0.4 is 5.32 Å². The lowest BCUT2D eigenvalue weighted by atomic mass is 10.2. The van der Waals surface area contributed by atoms with E-state index < -0.39 is 0 Å². The normalized spacial score (nSPS) is 10.3. The number of hydrogen-bond donors (Lipinski definition) is 1. The van der Waals surface area contributed by atoms with Crippen LogP contribution in [-0.2, 0) is 13.1 Å². The number of halogens is 1. The molecule has 0 aliphatic heterocycles. The number of aromatic nitrogens is 1. The van der Waals surface area contributed by atoms with Crippen molar-refractivity contribution >= 4 is 11.6 Å². The highest BCUT2D eigenvalue weighted by molar-refractivity contribution is 6.30. The first kappa shape index (κ1) is 11.1. The Labute approximate surface area is 100 Å². The molecule has 0 atom stereocenters. The molecule has 2 rings (SSSR count). The SMILES string of the molecule is Clc1ccc(C[NH2+]Cc2ccncc2)cc1. The summed E-state index contributed by atoms with van der Waals surface area (Å²) in [5, 5.41) is 3.05. The van der Waals surface area contributed by atoms with Crippen LogP contribution >= 0.6 is 11.6 Å². The molecule has 0 aliphatic rings. The van der Waals surface area contributed by atoms with Gasteiger partial charge in [0.1, 0.15) is 13.1 Å². The van der Waals surface area contributed by atoms with Gasteiger partial charge in [-0.2, -0.15) is 0 Å². The van der Waals surface area contributed by atoms with E-state index in [4.69, 9.17) is 11.6 Å². The number of nitrogens with two attached hydrogens (primary N) is 1. The fourth-order valence-corrected chi connectivity index (χ4v) is 1.67. The van der Waals surface area contributed by atoms with Gasteiger partial charge in [0, 0.05) is 28.5 Å². The summed E-state index contributed by atoms with van der Waals surface area (Å²) in [6, 6.07) is 12.1. The molecule has 0 fully saturated rings. The number of nitrogens with zero attached hydrogens (tertiary/aromatic N) is 1. The summed E-state index contributed by atoms with van der Waals surface area (Å²) in [4.78, 5) is 3.99. The largest absolute Gasteiger partial charge is 0.339 e. The Bertz CT molecular complexity index is 425. The average Bonchev–Trinajstić information content (AvgIpc) is 2.33. The summed E-state index contributed by atoms with van der Waals surface area (Å²) in [5.74, 6) is 0. The highest BCUT2D eigenvalue weighted by atomic mass is 35.5. The molecule has 0 saturated heterocycles. The third kappa shape index (κ3) is 3.33. The van der Waals surface area contributed by atoms with Gasteiger partial charge < -0.3 is 5.32 Å². The molecule has 0 radical (unpaired) electrons. The molecule has 82 valence electrons. The van der Waals surface area contributed by atoms with Gasteiger partial charge in [0.2, 0.25) is 0 Å². The quantitative estimate of drug-likeness (QED) is 0.860. The topological polar surface area (TPSA) is 29.5 Å². The van der Waals surface area contributed by atoms with E-state index >= 15 is 0 Å².